The van der Waals surface area contributed by atoms with Crippen LogP contribution < -0.4 is 5.32 Å². The largest absolute Gasteiger partial charge is 0.387 e. The van der Waals surface area contributed by atoms with Crippen molar-refractivity contribution in [2.75, 3.05) is 11.9 Å². The zero-order valence-electron chi connectivity index (χ0n) is 10.8. The maximum Gasteiger partial charge on any atom is 0.250 e. The molecule has 7 heteroatoms. The fraction of sp³-hybridized carbons (Fsp3) is 0.0714. The molecule has 0 unspecified atom stereocenters. The minimum atomic E-state index is -0.579. The second-order valence-electron chi connectivity index (χ2n) is 4.37. The third kappa shape index (κ3) is 2.72. The Kier molecular flexibility index (Phi) is 3.55. The Morgan fingerprint density at radius 2 is 2.05 bits per heavy atom. The molecule has 0 atom stereocenters. The van der Waals surface area contributed by atoms with Gasteiger partial charge in [0.1, 0.15) is 6.61 Å². The molecular weight excluding hydrogens is 292 g/mol. The van der Waals surface area contributed by atoms with Gasteiger partial charge in [0.25, 0.3) is 0 Å². The summed E-state index contributed by atoms with van der Waals surface area (Å²) < 4.78 is 1.82. The van der Waals surface area contributed by atoms with Gasteiger partial charge < -0.3 is 10.4 Å². The molecule has 1 amide bonds. The summed E-state index contributed by atoms with van der Waals surface area (Å²) in [5.41, 5.74) is 1.36. The Bertz CT molecular complexity index is 798. The second-order valence-corrected chi connectivity index (χ2v) is 4.80. The van der Waals surface area contributed by atoms with E-state index in [0.29, 0.717) is 16.7 Å². The third-order valence-corrected chi connectivity index (χ3v) is 3.17. The Balaban J connectivity index is 1.94. The number of fused-ring (bicyclic) bond motifs is 1. The van der Waals surface area contributed by atoms with Gasteiger partial charge in [0.15, 0.2) is 0 Å². The van der Waals surface area contributed by atoms with Crippen LogP contribution in [0.25, 0.3) is 16.9 Å². The lowest BCUT2D eigenvalue weighted by molar-refractivity contribution is -0.118. The molecule has 0 aliphatic carbocycles. The quantitative estimate of drug-likeness (QED) is 0.775. The van der Waals surface area contributed by atoms with Gasteiger partial charge in [-0.3, -0.25) is 9.36 Å². The monoisotopic (exact) mass is 302 g/mol. The number of carbonyl (C=O) groups is 1. The smallest absolute Gasteiger partial charge is 0.250 e. The number of hydrogen-bond donors (Lipinski definition) is 2. The molecule has 0 saturated heterocycles. The van der Waals surface area contributed by atoms with Crippen LogP contribution in [0.5, 0.6) is 0 Å². The Labute approximate surface area is 125 Å². The molecule has 21 heavy (non-hydrogen) atoms. The van der Waals surface area contributed by atoms with E-state index in [9.17, 15) is 4.79 Å². The topological polar surface area (TPSA) is 80.0 Å². The number of benzene rings is 1. The van der Waals surface area contributed by atoms with Crippen LogP contribution in [0, 0.1) is 0 Å². The number of nitrogens with zero attached hydrogens (tertiary/aromatic N) is 3. The van der Waals surface area contributed by atoms with Crippen molar-refractivity contribution in [2.45, 2.75) is 0 Å². The molecule has 0 bridgehead atoms. The number of carbonyl (C=O) groups excluding carboxylic acids is 1. The normalized spacial score (nSPS) is 10.8. The average molecular weight is 303 g/mol. The van der Waals surface area contributed by atoms with E-state index in [1.807, 2.05) is 29.0 Å². The Hall–Kier alpha value is -2.44. The fourth-order valence-corrected chi connectivity index (χ4v) is 2.18. The number of anilines is 1. The Morgan fingerprint density at radius 3 is 2.76 bits per heavy atom. The molecule has 2 N–H and O–H groups in total. The number of aromatic nitrogens is 3. The standard InChI is InChI=1S/C14H11ClN4O2/c15-10-1-2-12-9(5-10)3-4-19(12)14-16-6-11(7-17-14)18-13(21)8-20/h1-7,20H,8H2,(H,18,21). The van der Waals surface area contributed by atoms with Crippen LogP contribution in [0.4, 0.5) is 5.69 Å². The lowest BCUT2D eigenvalue weighted by atomic mass is 10.2. The van der Waals surface area contributed by atoms with Gasteiger partial charge in [-0.1, -0.05) is 11.6 Å². The number of halogens is 1. The molecule has 0 fully saturated rings. The van der Waals surface area contributed by atoms with Crippen molar-refractivity contribution in [3.05, 3.63) is 47.9 Å². The average Bonchev–Trinajstić information content (AvgIpc) is 2.90. The lowest BCUT2D eigenvalue weighted by Gasteiger charge is -2.05. The maximum atomic E-state index is 11.1. The zero-order chi connectivity index (χ0) is 14.8. The summed E-state index contributed by atoms with van der Waals surface area (Å²) in [5, 5.41) is 12.8. The summed E-state index contributed by atoms with van der Waals surface area (Å²) in [7, 11) is 0. The van der Waals surface area contributed by atoms with Crippen molar-refractivity contribution in [3.8, 4) is 5.95 Å². The van der Waals surface area contributed by atoms with Crippen LogP contribution in [-0.4, -0.2) is 32.2 Å². The minimum absolute atomic E-state index is 0.428. The molecule has 6 nitrogen and oxygen atoms in total. The first-order valence-electron chi connectivity index (χ1n) is 6.17. The fourth-order valence-electron chi connectivity index (χ4n) is 2.00. The van der Waals surface area contributed by atoms with Crippen LogP contribution >= 0.6 is 11.6 Å². The van der Waals surface area contributed by atoms with Crippen LogP contribution in [0.1, 0.15) is 0 Å². The van der Waals surface area contributed by atoms with E-state index < -0.39 is 12.5 Å². The summed E-state index contributed by atoms with van der Waals surface area (Å²) in [6.07, 6.45) is 4.82. The molecule has 0 spiro atoms. The molecule has 0 saturated carbocycles. The molecule has 3 aromatic rings. The molecule has 3 rings (SSSR count). The van der Waals surface area contributed by atoms with Crippen molar-refractivity contribution < 1.29 is 9.90 Å². The van der Waals surface area contributed by atoms with E-state index in [-0.39, 0.29) is 0 Å². The number of aliphatic hydroxyl groups is 1. The van der Waals surface area contributed by atoms with Crippen molar-refractivity contribution in [3.63, 3.8) is 0 Å². The van der Waals surface area contributed by atoms with Gasteiger partial charge in [0.2, 0.25) is 11.9 Å². The summed E-state index contributed by atoms with van der Waals surface area (Å²) in [6.45, 7) is -0.579. The first-order valence-corrected chi connectivity index (χ1v) is 6.55. The van der Waals surface area contributed by atoms with Gasteiger partial charge in [-0.2, -0.15) is 0 Å². The zero-order valence-corrected chi connectivity index (χ0v) is 11.6. The molecule has 1 aromatic carbocycles. The molecule has 2 heterocycles. The Morgan fingerprint density at radius 1 is 1.29 bits per heavy atom. The van der Waals surface area contributed by atoms with Crippen LogP contribution in [-0.2, 0) is 4.79 Å². The highest BCUT2D eigenvalue weighted by atomic mass is 35.5. The summed E-state index contributed by atoms with van der Waals surface area (Å²) >= 11 is 5.96. The summed E-state index contributed by atoms with van der Waals surface area (Å²) in [4.78, 5) is 19.5. The number of nitrogens with one attached hydrogen (secondary N) is 1. The number of aliphatic hydroxyl groups excluding tert-OH is 1. The van der Waals surface area contributed by atoms with Gasteiger partial charge in [-0.15, -0.1) is 0 Å². The van der Waals surface area contributed by atoms with Crippen LogP contribution in [0.15, 0.2) is 42.9 Å². The second kappa shape index (κ2) is 5.51. The predicted molar refractivity (Wildman–Crippen MR) is 79.6 cm³/mol. The predicted octanol–water partition coefficient (Wildman–Crippen LogP) is 2.00. The number of amides is 1. The van der Waals surface area contributed by atoms with Gasteiger partial charge in [0.05, 0.1) is 23.6 Å². The maximum absolute atomic E-state index is 11.1. The van der Waals surface area contributed by atoms with Gasteiger partial charge in [0, 0.05) is 16.6 Å². The highest BCUT2D eigenvalue weighted by molar-refractivity contribution is 6.31. The van der Waals surface area contributed by atoms with Crippen LogP contribution in [0.2, 0.25) is 5.02 Å². The molecule has 2 aromatic heterocycles. The van der Waals surface area contributed by atoms with Gasteiger partial charge in [-0.25, -0.2) is 9.97 Å². The van der Waals surface area contributed by atoms with Crippen molar-refractivity contribution in [2.24, 2.45) is 0 Å². The first kappa shape index (κ1) is 13.5. The molecule has 0 aliphatic heterocycles. The highest BCUT2D eigenvalue weighted by Crippen LogP contribution is 2.22. The minimum Gasteiger partial charge on any atom is -0.387 e. The van der Waals surface area contributed by atoms with E-state index in [2.05, 4.69) is 15.3 Å². The first-order chi connectivity index (χ1) is 10.2. The molecule has 106 valence electrons. The summed E-state index contributed by atoms with van der Waals surface area (Å²) in [5.74, 6) is -0.0262. The molecular formula is C14H11ClN4O2. The summed E-state index contributed by atoms with van der Waals surface area (Å²) in [6, 6.07) is 7.48. The lowest BCUT2D eigenvalue weighted by Crippen LogP contribution is -2.16. The van der Waals surface area contributed by atoms with E-state index in [1.165, 1.54) is 12.4 Å². The van der Waals surface area contributed by atoms with Gasteiger partial charge >= 0.3 is 0 Å². The highest BCUT2D eigenvalue weighted by Gasteiger charge is 2.07. The SMILES string of the molecule is O=C(CO)Nc1cnc(-n2ccc3cc(Cl)ccc32)nc1. The van der Waals surface area contributed by atoms with E-state index in [4.69, 9.17) is 16.7 Å². The van der Waals surface area contributed by atoms with Gasteiger partial charge in [-0.05, 0) is 24.3 Å². The van der Waals surface area contributed by atoms with E-state index in [1.54, 1.807) is 6.07 Å². The van der Waals surface area contributed by atoms with Crippen LogP contribution in [0.3, 0.4) is 0 Å². The number of rotatable bonds is 3. The molecule has 0 radical (unpaired) electrons. The third-order valence-electron chi connectivity index (χ3n) is 2.93. The van der Waals surface area contributed by atoms with Crippen molar-refractivity contribution in [1.82, 2.24) is 14.5 Å². The van der Waals surface area contributed by atoms with E-state index in [0.717, 1.165) is 10.9 Å². The number of hydrogen-bond acceptors (Lipinski definition) is 4. The van der Waals surface area contributed by atoms with Crippen molar-refractivity contribution in [1.29, 1.82) is 0 Å². The van der Waals surface area contributed by atoms with Crippen molar-refractivity contribution >= 4 is 34.1 Å². The molecule has 0 aliphatic rings. The van der Waals surface area contributed by atoms with E-state index >= 15 is 0 Å².